The molecule has 0 bridgehead atoms. The number of anilines is 1. The lowest BCUT2D eigenvalue weighted by Crippen LogP contribution is -2.24. The first-order chi connectivity index (χ1) is 8.72. The van der Waals surface area contributed by atoms with E-state index in [4.69, 9.17) is 0 Å². The molecule has 3 heteroatoms. The summed E-state index contributed by atoms with van der Waals surface area (Å²) in [5, 5.41) is 3.29. The monoisotopic (exact) mass is 250 g/mol. The van der Waals surface area contributed by atoms with Crippen LogP contribution in [-0.2, 0) is 6.54 Å². The summed E-state index contributed by atoms with van der Waals surface area (Å²) in [4.78, 5) is 2.20. The van der Waals surface area contributed by atoms with Gasteiger partial charge in [0.1, 0.15) is 5.82 Å². The van der Waals surface area contributed by atoms with Gasteiger partial charge in [-0.15, -0.1) is 0 Å². The smallest absolute Gasteiger partial charge is 0.129 e. The third-order valence-corrected chi connectivity index (χ3v) is 3.46. The first-order valence-corrected chi connectivity index (χ1v) is 6.91. The third-order valence-electron chi connectivity index (χ3n) is 3.46. The number of halogens is 1. The number of hydrogen-bond acceptors (Lipinski definition) is 2. The molecule has 1 fully saturated rings. The van der Waals surface area contributed by atoms with Crippen LogP contribution in [0.3, 0.4) is 0 Å². The van der Waals surface area contributed by atoms with Crippen molar-refractivity contribution < 1.29 is 4.39 Å². The van der Waals surface area contributed by atoms with Crippen LogP contribution in [0.2, 0.25) is 0 Å². The van der Waals surface area contributed by atoms with Crippen molar-refractivity contribution in [2.24, 2.45) is 5.92 Å². The Hall–Kier alpha value is -1.09. The van der Waals surface area contributed by atoms with Crippen LogP contribution in [0.25, 0.3) is 0 Å². The first kappa shape index (κ1) is 13.3. The van der Waals surface area contributed by atoms with Crippen molar-refractivity contribution in [3.05, 3.63) is 29.6 Å². The molecule has 0 saturated heterocycles. The molecule has 1 saturated carbocycles. The number of rotatable bonds is 7. The quantitative estimate of drug-likeness (QED) is 0.748. The van der Waals surface area contributed by atoms with Crippen LogP contribution in [-0.4, -0.2) is 20.1 Å². The fourth-order valence-electron chi connectivity index (χ4n) is 2.26. The van der Waals surface area contributed by atoms with Gasteiger partial charge in [0, 0.05) is 31.4 Å². The summed E-state index contributed by atoms with van der Waals surface area (Å²) in [7, 11) is 2.07. The summed E-state index contributed by atoms with van der Waals surface area (Å²) in [6, 6.07) is 5.38. The van der Waals surface area contributed by atoms with Crippen molar-refractivity contribution >= 4 is 5.69 Å². The third kappa shape index (κ3) is 3.45. The Labute approximate surface area is 109 Å². The molecule has 1 aliphatic rings. The van der Waals surface area contributed by atoms with Gasteiger partial charge in [0.15, 0.2) is 0 Å². The molecular formula is C15H23FN2. The molecule has 18 heavy (non-hydrogen) atoms. The van der Waals surface area contributed by atoms with Gasteiger partial charge in [-0.2, -0.15) is 0 Å². The zero-order valence-corrected chi connectivity index (χ0v) is 11.4. The molecule has 100 valence electrons. The fraction of sp³-hybridized carbons (Fsp3) is 0.600. The second kappa shape index (κ2) is 6.19. The van der Waals surface area contributed by atoms with Gasteiger partial charge in [0.05, 0.1) is 0 Å². The highest BCUT2D eigenvalue weighted by atomic mass is 19.1. The number of nitrogens with one attached hydrogen (secondary N) is 1. The van der Waals surface area contributed by atoms with Crippen LogP contribution in [0, 0.1) is 11.7 Å². The van der Waals surface area contributed by atoms with Crippen LogP contribution in [0.15, 0.2) is 18.2 Å². The van der Waals surface area contributed by atoms with E-state index in [0.717, 1.165) is 36.7 Å². The summed E-state index contributed by atoms with van der Waals surface area (Å²) in [6.45, 7) is 4.71. The van der Waals surface area contributed by atoms with Crippen molar-refractivity contribution in [3.8, 4) is 0 Å². The van der Waals surface area contributed by atoms with E-state index in [1.165, 1.54) is 12.8 Å². The largest absolute Gasteiger partial charge is 0.374 e. The zero-order chi connectivity index (χ0) is 13.0. The van der Waals surface area contributed by atoms with Gasteiger partial charge in [-0.25, -0.2) is 4.39 Å². The lowest BCUT2D eigenvalue weighted by atomic mass is 10.1. The standard InChI is InChI=1S/C15H23FN2/c1-3-9-17-10-13-14(16)5-4-6-15(13)18(2)11-12-7-8-12/h4-6,12,17H,3,7-11H2,1-2H3. The first-order valence-electron chi connectivity index (χ1n) is 6.91. The molecule has 0 spiro atoms. The van der Waals surface area contributed by atoms with E-state index in [0.29, 0.717) is 6.54 Å². The Morgan fingerprint density at radius 2 is 2.17 bits per heavy atom. The number of benzene rings is 1. The minimum Gasteiger partial charge on any atom is -0.374 e. The van der Waals surface area contributed by atoms with Crippen molar-refractivity contribution in [3.63, 3.8) is 0 Å². The number of nitrogens with zero attached hydrogens (tertiary/aromatic N) is 1. The predicted octanol–water partition coefficient (Wildman–Crippen LogP) is 3.17. The molecule has 0 aromatic heterocycles. The summed E-state index contributed by atoms with van der Waals surface area (Å²) < 4.78 is 13.9. The van der Waals surface area contributed by atoms with E-state index in [1.54, 1.807) is 12.1 Å². The van der Waals surface area contributed by atoms with Crippen molar-refractivity contribution in [1.29, 1.82) is 0 Å². The highest BCUT2D eigenvalue weighted by molar-refractivity contribution is 5.53. The molecule has 1 aromatic carbocycles. The molecule has 1 N–H and O–H groups in total. The minimum absolute atomic E-state index is 0.0984. The molecule has 0 atom stereocenters. The summed E-state index contributed by atoms with van der Waals surface area (Å²) >= 11 is 0. The van der Waals surface area contributed by atoms with Crippen molar-refractivity contribution in [1.82, 2.24) is 5.32 Å². The van der Waals surface area contributed by atoms with E-state index in [1.807, 2.05) is 6.07 Å². The Balaban J connectivity index is 2.08. The molecule has 0 unspecified atom stereocenters. The topological polar surface area (TPSA) is 15.3 Å². The second-order valence-electron chi connectivity index (χ2n) is 5.24. The van der Waals surface area contributed by atoms with Gasteiger partial charge in [0.2, 0.25) is 0 Å². The highest BCUT2D eigenvalue weighted by Gasteiger charge is 2.24. The molecule has 2 rings (SSSR count). The van der Waals surface area contributed by atoms with Gasteiger partial charge in [0.25, 0.3) is 0 Å². The predicted molar refractivity (Wildman–Crippen MR) is 74.4 cm³/mol. The second-order valence-corrected chi connectivity index (χ2v) is 5.24. The average molecular weight is 250 g/mol. The molecule has 1 aliphatic carbocycles. The molecule has 0 aliphatic heterocycles. The van der Waals surface area contributed by atoms with Gasteiger partial charge in [-0.05, 0) is 43.9 Å². The average Bonchev–Trinajstić information content (AvgIpc) is 3.15. The number of hydrogen-bond donors (Lipinski definition) is 1. The lowest BCUT2D eigenvalue weighted by molar-refractivity contribution is 0.584. The Kier molecular flexibility index (Phi) is 4.59. The lowest BCUT2D eigenvalue weighted by Gasteiger charge is -2.23. The molecular weight excluding hydrogens is 227 g/mol. The zero-order valence-electron chi connectivity index (χ0n) is 11.4. The van der Waals surface area contributed by atoms with E-state index in [2.05, 4.69) is 24.2 Å². The fourth-order valence-corrected chi connectivity index (χ4v) is 2.26. The van der Waals surface area contributed by atoms with Crippen LogP contribution in [0.4, 0.5) is 10.1 Å². The summed E-state index contributed by atoms with van der Waals surface area (Å²) in [6.07, 6.45) is 3.72. The molecule has 1 aromatic rings. The van der Waals surface area contributed by atoms with E-state index < -0.39 is 0 Å². The van der Waals surface area contributed by atoms with Crippen molar-refractivity contribution in [2.45, 2.75) is 32.7 Å². The maximum atomic E-state index is 13.9. The molecule has 0 amide bonds. The van der Waals surface area contributed by atoms with E-state index >= 15 is 0 Å². The van der Waals surface area contributed by atoms with Crippen LogP contribution in [0.5, 0.6) is 0 Å². The maximum Gasteiger partial charge on any atom is 0.129 e. The van der Waals surface area contributed by atoms with Gasteiger partial charge in [-0.3, -0.25) is 0 Å². The molecule has 0 heterocycles. The van der Waals surface area contributed by atoms with E-state index in [9.17, 15) is 4.39 Å². The molecule has 2 nitrogen and oxygen atoms in total. The van der Waals surface area contributed by atoms with Crippen LogP contribution < -0.4 is 10.2 Å². The van der Waals surface area contributed by atoms with Crippen molar-refractivity contribution in [2.75, 3.05) is 25.0 Å². The Morgan fingerprint density at radius 1 is 1.39 bits per heavy atom. The normalized spacial score (nSPS) is 14.8. The summed E-state index contributed by atoms with van der Waals surface area (Å²) in [5.41, 5.74) is 1.83. The Bertz CT molecular complexity index is 388. The van der Waals surface area contributed by atoms with Gasteiger partial charge >= 0.3 is 0 Å². The van der Waals surface area contributed by atoms with Gasteiger partial charge < -0.3 is 10.2 Å². The highest BCUT2D eigenvalue weighted by Crippen LogP contribution is 2.32. The maximum absolute atomic E-state index is 13.9. The summed E-state index contributed by atoms with van der Waals surface area (Å²) in [5.74, 6) is 0.716. The molecule has 0 radical (unpaired) electrons. The van der Waals surface area contributed by atoms with E-state index in [-0.39, 0.29) is 5.82 Å². The SMILES string of the molecule is CCCNCc1c(F)cccc1N(C)CC1CC1. The minimum atomic E-state index is -0.0984. The van der Waals surface area contributed by atoms with Crippen LogP contribution in [0.1, 0.15) is 31.7 Å². The van der Waals surface area contributed by atoms with Crippen LogP contribution >= 0.6 is 0 Å². The van der Waals surface area contributed by atoms with Gasteiger partial charge in [-0.1, -0.05) is 13.0 Å². The Morgan fingerprint density at radius 3 is 2.83 bits per heavy atom.